The van der Waals surface area contributed by atoms with Gasteiger partial charge in [-0.2, -0.15) is 0 Å². The molecule has 2 rings (SSSR count). The lowest BCUT2D eigenvalue weighted by Crippen LogP contribution is -2.12. The summed E-state index contributed by atoms with van der Waals surface area (Å²) in [6, 6.07) is -0.737. The first-order chi connectivity index (χ1) is 7.99. The average molecular weight is 249 g/mol. The van der Waals surface area contributed by atoms with Crippen molar-refractivity contribution in [2.75, 3.05) is 6.61 Å². The quantitative estimate of drug-likeness (QED) is 0.499. The van der Waals surface area contributed by atoms with Crippen molar-refractivity contribution >= 4 is 11.0 Å². The number of halogens is 4. The van der Waals surface area contributed by atoms with Gasteiger partial charge in [-0.15, -0.1) is 5.10 Å². The molecule has 1 atom stereocenters. The number of rotatable bonds is 2. The smallest absolute Gasteiger partial charge is 0.199 e. The first kappa shape index (κ1) is 11.8. The summed E-state index contributed by atoms with van der Waals surface area (Å²) in [5.74, 6) is -7.04. The van der Waals surface area contributed by atoms with Gasteiger partial charge in [0.05, 0.1) is 12.6 Å². The van der Waals surface area contributed by atoms with Crippen LogP contribution < -0.4 is 0 Å². The fraction of sp³-hybridized carbons (Fsp3) is 0.333. The molecule has 0 spiro atoms. The first-order valence-corrected chi connectivity index (χ1v) is 4.66. The third-order valence-electron chi connectivity index (χ3n) is 2.37. The minimum absolute atomic E-state index is 0.432. The molecular weight excluding hydrogens is 242 g/mol. The first-order valence-electron chi connectivity index (χ1n) is 4.66. The highest BCUT2D eigenvalue weighted by atomic mass is 19.2. The minimum atomic E-state index is -1.93. The van der Waals surface area contributed by atoms with Gasteiger partial charge >= 0.3 is 0 Å². The van der Waals surface area contributed by atoms with Gasteiger partial charge in [-0.1, -0.05) is 5.21 Å². The van der Waals surface area contributed by atoms with Crippen molar-refractivity contribution < 1.29 is 22.7 Å². The summed E-state index contributed by atoms with van der Waals surface area (Å²) < 4.78 is 53.4. The van der Waals surface area contributed by atoms with E-state index in [1.54, 1.807) is 0 Å². The van der Waals surface area contributed by atoms with Crippen LogP contribution in [0.5, 0.6) is 0 Å². The molecule has 0 aliphatic heterocycles. The minimum Gasteiger partial charge on any atom is -0.394 e. The molecule has 17 heavy (non-hydrogen) atoms. The molecule has 0 aliphatic carbocycles. The second-order valence-corrected chi connectivity index (χ2v) is 3.52. The number of benzene rings is 1. The van der Waals surface area contributed by atoms with Crippen molar-refractivity contribution in [3.05, 3.63) is 23.3 Å². The number of aromatic nitrogens is 3. The second kappa shape index (κ2) is 3.95. The summed E-state index contributed by atoms with van der Waals surface area (Å²) >= 11 is 0. The zero-order chi connectivity index (χ0) is 12.7. The lowest BCUT2D eigenvalue weighted by Gasteiger charge is -2.09. The van der Waals surface area contributed by atoms with Crippen LogP contribution in [0.15, 0.2) is 0 Å². The molecule has 0 aliphatic rings. The van der Waals surface area contributed by atoms with Crippen molar-refractivity contribution in [3.8, 4) is 0 Å². The third-order valence-corrected chi connectivity index (χ3v) is 2.37. The lowest BCUT2D eigenvalue weighted by molar-refractivity contribution is 0.230. The molecule has 0 saturated heterocycles. The summed E-state index contributed by atoms with van der Waals surface area (Å²) in [4.78, 5) is 0. The van der Waals surface area contributed by atoms with Crippen LogP contribution in [0, 0.1) is 23.3 Å². The monoisotopic (exact) mass is 249 g/mol. The Hall–Kier alpha value is -1.70. The average Bonchev–Trinajstić information content (AvgIpc) is 2.77. The molecule has 1 heterocycles. The van der Waals surface area contributed by atoms with E-state index in [-0.39, 0.29) is 0 Å². The van der Waals surface area contributed by atoms with Crippen molar-refractivity contribution in [2.24, 2.45) is 0 Å². The van der Waals surface area contributed by atoms with E-state index in [2.05, 4.69) is 10.3 Å². The topological polar surface area (TPSA) is 50.9 Å². The van der Waals surface area contributed by atoms with Crippen LogP contribution in [0.2, 0.25) is 0 Å². The van der Waals surface area contributed by atoms with Crippen LogP contribution in [-0.4, -0.2) is 26.7 Å². The van der Waals surface area contributed by atoms with E-state index in [0.29, 0.717) is 0 Å². The van der Waals surface area contributed by atoms with Crippen LogP contribution in [0.4, 0.5) is 17.6 Å². The number of nitrogens with zero attached hydrogens (tertiary/aromatic N) is 3. The Balaban J connectivity index is 2.85. The molecule has 1 aromatic heterocycles. The number of hydrogen-bond donors (Lipinski definition) is 1. The van der Waals surface area contributed by atoms with Crippen molar-refractivity contribution in [1.82, 2.24) is 15.0 Å². The Morgan fingerprint density at radius 2 is 1.71 bits per heavy atom. The lowest BCUT2D eigenvalue weighted by atomic mass is 10.2. The predicted molar refractivity (Wildman–Crippen MR) is 49.2 cm³/mol. The van der Waals surface area contributed by atoms with Crippen LogP contribution in [0.3, 0.4) is 0 Å². The van der Waals surface area contributed by atoms with Gasteiger partial charge in [0.25, 0.3) is 0 Å². The molecule has 0 fully saturated rings. The number of hydrogen-bond acceptors (Lipinski definition) is 3. The molecule has 92 valence electrons. The molecule has 1 unspecified atom stereocenters. The Labute approximate surface area is 92.5 Å². The summed E-state index contributed by atoms with van der Waals surface area (Å²) in [5.41, 5.74) is -1.32. The molecule has 0 bridgehead atoms. The van der Waals surface area contributed by atoms with E-state index >= 15 is 0 Å². The van der Waals surface area contributed by atoms with E-state index in [1.165, 1.54) is 6.92 Å². The number of aliphatic hydroxyl groups is 1. The van der Waals surface area contributed by atoms with Crippen LogP contribution in [-0.2, 0) is 0 Å². The Bertz CT molecular complexity index is 583. The SMILES string of the molecule is CC(CO)n1nnc2c(F)c(F)c(F)c(F)c21. The summed E-state index contributed by atoms with van der Waals surface area (Å²) in [6.07, 6.45) is 0. The summed E-state index contributed by atoms with van der Waals surface area (Å²) in [5, 5.41) is 15.5. The molecule has 0 amide bonds. The maximum atomic E-state index is 13.5. The van der Waals surface area contributed by atoms with Gasteiger partial charge in [0.2, 0.25) is 0 Å². The van der Waals surface area contributed by atoms with E-state index in [9.17, 15) is 17.6 Å². The molecule has 0 radical (unpaired) electrons. The fourth-order valence-corrected chi connectivity index (χ4v) is 1.43. The van der Waals surface area contributed by atoms with E-state index in [4.69, 9.17) is 5.11 Å². The van der Waals surface area contributed by atoms with E-state index < -0.39 is 47.0 Å². The van der Waals surface area contributed by atoms with Gasteiger partial charge in [0, 0.05) is 0 Å². The largest absolute Gasteiger partial charge is 0.394 e. The van der Waals surface area contributed by atoms with Crippen molar-refractivity contribution in [3.63, 3.8) is 0 Å². The van der Waals surface area contributed by atoms with Gasteiger partial charge in [-0.05, 0) is 6.92 Å². The van der Waals surface area contributed by atoms with Gasteiger partial charge in [-0.25, -0.2) is 22.2 Å². The Kier molecular flexibility index (Phi) is 2.74. The van der Waals surface area contributed by atoms with Crippen molar-refractivity contribution in [2.45, 2.75) is 13.0 Å². The molecule has 1 N–H and O–H groups in total. The van der Waals surface area contributed by atoms with Gasteiger partial charge in [0.1, 0.15) is 5.52 Å². The Morgan fingerprint density at radius 1 is 1.12 bits per heavy atom. The van der Waals surface area contributed by atoms with Crippen molar-refractivity contribution in [1.29, 1.82) is 0 Å². The predicted octanol–water partition coefficient (Wildman–Crippen LogP) is 1.54. The highest BCUT2D eigenvalue weighted by Gasteiger charge is 2.26. The van der Waals surface area contributed by atoms with E-state index in [1.807, 2.05) is 0 Å². The second-order valence-electron chi connectivity index (χ2n) is 3.52. The maximum Gasteiger partial charge on any atom is 0.199 e. The van der Waals surface area contributed by atoms with Gasteiger partial charge in [0.15, 0.2) is 28.8 Å². The normalized spacial score (nSPS) is 13.3. The van der Waals surface area contributed by atoms with Crippen LogP contribution in [0.25, 0.3) is 11.0 Å². The number of fused-ring (bicyclic) bond motifs is 1. The molecule has 8 heteroatoms. The highest BCUT2D eigenvalue weighted by Crippen LogP contribution is 2.26. The standard InChI is InChI=1S/C9H7F4N3O/c1-3(2-17)16-9-7(13)5(11)4(10)6(12)8(9)14-15-16/h3,17H,2H2,1H3. The maximum absolute atomic E-state index is 13.5. The summed E-state index contributed by atoms with van der Waals surface area (Å²) in [7, 11) is 0. The highest BCUT2D eigenvalue weighted by molar-refractivity contribution is 5.76. The zero-order valence-corrected chi connectivity index (χ0v) is 8.59. The Morgan fingerprint density at radius 3 is 2.29 bits per heavy atom. The van der Waals surface area contributed by atoms with Crippen LogP contribution in [0.1, 0.15) is 13.0 Å². The van der Waals surface area contributed by atoms with Crippen LogP contribution >= 0.6 is 0 Å². The molecule has 2 aromatic rings. The molecule has 0 saturated carbocycles. The van der Waals surface area contributed by atoms with Gasteiger partial charge in [-0.3, -0.25) is 0 Å². The summed E-state index contributed by atoms with van der Waals surface area (Å²) in [6.45, 7) is 1.01. The molecule has 4 nitrogen and oxygen atoms in total. The zero-order valence-electron chi connectivity index (χ0n) is 8.59. The van der Waals surface area contributed by atoms with E-state index in [0.717, 1.165) is 4.68 Å². The molecular formula is C9H7F4N3O. The third kappa shape index (κ3) is 1.55. The van der Waals surface area contributed by atoms with Gasteiger partial charge < -0.3 is 5.11 Å². The number of aliphatic hydroxyl groups excluding tert-OH is 1. The fourth-order valence-electron chi connectivity index (χ4n) is 1.43. The molecule has 1 aromatic carbocycles.